The molecule has 0 fully saturated rings. The molecule has 0 amide bonds. The number of benzene rings is 2. The molecule has 0 radical (unpaired) electrons. The number of aliphatic hydroxyl groups is 1. The van der Waals surface area contributed by atoms with Gasteiger partial charge in [-0.1, -0.05) is 36.4 Å². The first-order chi connectivity index (χ1) is 12.2. The maximum absolute atomic E-state index is 10.2. The van der Waals surface area contributed by atoms with Gasteiger partial charge in [0.2, 0.25) is 0 Å². The fourth-order valence-corrected chi connectivity index (χ4v) is 3.54. The summed E-state index contributed by atoms with van der Waals surface area (Å²) in [5.74, 6) is 0.650. The second-order valence-corrected chi connectivity index (χ2v) is 6.75. The van der Waals surface area contributed by atoms with Gasteiger partial charge >= 0.3 is 0 Å². The van der Waals surface area contributed by atoms with E-state index in [1.54, 1.807) is 13.2 Å². The standard InChI is InChI=1S/C21H23NO3/c1-14(23)21(25-19-8-4-7-16-11-12-24-20(16)19)22-18-10-9-15-5-2-3-6-17(15)13-18/h2-8,11-12,14,18,21-23H,9-10,13H2,1H3. The van der Waals surface area contributed by atoms with Crippen molar-refractivity contribution in [3.8, 4) is 5.75 Å². The first-order valence-electron chi connectivity index (χ1n) is 8.84. The van der Waals surface area contributed by atoms with Crippen LogP contribution in [-0.4, -0.2) is 23.5 Å². The van der Waals surface area contributed by atoms with Crippen LogP contribution in [0.5, 0.6) is 5.75 Å². The SMILES string of the molecule is CC(O)C(NC1CCc2ccccc2C1)Oc1cccc2ccoc12. The fourth-order valence-electron chi connectivity index (χ4n) is 3.54. The van der Waals surface area contributed by atoms with Crippen LogP contribution in [0.15, 0.2) is 59.2 Å². The molecule has 0 aliphatic heterocycles. The van der Waals surface area contributed by atoms with E-state index in [0.717, 1.165) is 24.6 Å². The average Bonchev–Trinajstić information content (AvgIpc) is 3.10. The zero-order valence-corrected chi connectivity index (χ0v) is 14.3. The maximum atomic E-state index is 10.2. The summed E-state index contributed by atoms with van der Waals surface area (Å²) in [6.45, 7) is 1.75. The van der Waals surface area contributed by atoms with E-state index in [-0.39, 0.29) is 6.04 Å². The van der Waals surface area contributed by atoms with Gasteiger partial charge in [0.25, 0.3) is 0 Å². The van der Waals surface area contributed by atoms with Crippen molar-refractivity contribution in [1.29, 1.82) is 0 Å². The number of fused-ring (bicyclic) bond motifs is 2. The Labute approximate surface area is 147 Å². The van der Waals surface area contributed by atoms with E-state index in [0.29, 0.717) is 11.3 Å². The Balaban J connectivity index is 1.50. The third kappa shape index (κ3) is 3.41. The van der Waals surface area contributed by atoms with E-state index in [1.165, 1.54) is 11.1 Å². The highest BCUT2D eigenvalue weighted by molar-refractivity contribution is 5.82. The predicted molar refractivity (Wildman–Crippen MR) is 97.7 cm³/mol. The van der Waals surface area contributed by atoms with E-state index in [9.17, 15) is 5.11 Å². The molecule has 4 rings (SSSR count). The van der Waals surface area contributed by atoms with Gasteiger partial charge in [-0.3, -0.25) is 5.32 Å². The molecule has 0 spiro atoms. The summed E-state index contributed by atoms with van der Waals surface area (Å²) in [6, 6.07) is 16.5. The number of rotatable bonds is 5. The molecule has 130 valence electrons. The van der Waals surface area contributed by atoms with Crippen LogP contribution < -0.4 is 10.1 Å². The zero-order chi connectivity index (χ0) is 17.2. The van der Waals surface area contributed by atoms with E-state index in [2.05, 4.69) is 29.6 Å². The van der Waals surface area contributed by atoms with Gasteiger partial charge in [-0.05, 0) is 49.4 Å². The Bertz CT molecular complexity index is 855. The third-order valence-electron chi connectivity index (χ3n) is 4.88. The van der Waals surface area contributed by atoms with Crippen molar-refractivity contribution in [3.63, 3.8) is 0 Å². The van der Waals surface area contributed by atoms with Crippen LogP contribution in [0.2, 0.25) is 0 Å². The van der Waals surface area contributed by atoms with Gasteiger partial charge in [0.05, 0.1) is 6.26 Å². The van der Waals surface area contributed by atoms with Gasteiger partial charge in [-0.25, -0.2) is 0 Å². The van der Waals surface area contributed by atoms with Crippen molar-refractivity contribution >= 4 is 11.0 Å². The van der Waals surface area contributed by atoms with Crippen LogP contribution in [0.25, 0.3) is 11.0 Å². The van der Waals surface area contributed by atoms with Gasteiger partial charge < -0.3 is 14.3 Å². The van der Waals surface area contributed by atoms with Crippen LogP contribution in [-0.2, 0) is 12.8 Å². The van der Waals surface area contributed by atoms with Crippen molar-refractivity contribution in [2.45, 2.75) is 44.6 Å². The molecule has 2 aromatic carbocycles. The molecule has 2 N–H and O–H groups in total. The van der Waals surface area contributed by atoms with Crippen LogP contribution in [0, 0.1) is 0 Å². The topological polar surface area (TPSA) is 54.6 Å². The van der Waals surface area contributed by atoms with Crippen LogP contribution in [0.3, 0.4) is 0 Å². The van der Waals surface area contributed by atoms with Crippen molar-refractivity contribution < 1.29 is 14.3 Å². The first-order valence-corrected chi connectivity index (χ1v) is 8.84. The number of nitrogens with one attached hydrogen (secondary N) is 1. The lowest BCUT2D eigenvalue weighted by molar-refractivity contribution is 0.0184. The zero-order valence-electron chi connectivity index (χ0n) is 14.3. The molecule has 1 aliphatic rings. The summed E-state index contributed by atoms with van der Waals surface area (Å²) in [7, 11) is 0. The molecule has 1 aromatic heterocycles. The molecule has 3 unspecified atom stereocenters. The molecule has 4 nitrogen and oxygen atoms in total. The largest absolute Gasteiger partial charge is 0.469 e. The van der Waals surface area contributed by atoms with Crippen molar-refractivity contribution in [3.05, 3.63) is 65.9 Å². The molecule has 0 bridgehead atoms. The normalized spacial score (nSPS) is 19.4. The highest BCUT2D eigenvalue weighted by Gasteiger charge is 2.25. The highest BCUT2D eigenvalue weighted by Crippen LogP contribution is 2.28. The van der Waals surface area contributed by atoms with Gasteiger partial charge in [-0.2, -0.15) is 0 Å². The Morgan fingerprint density at radius 1 is 1.12 bits per heavy atom. The minimum atomic E-state index is -0.637. The number of hydrogen-bond acceptors (Lipinski definition) is 4. The monoisotopic (exact) mass is 337 g/mol. The minimum Gasteiger partial charge on any atom is -0.469 e. The number of aryl methyl sites for hydroxylation is 1. The first kappa shape index (κ1) is 16.2. The van der Waals surface area contributed by atoms with E-state index in [1.807, 2.05) is 24.3 Å². The summed E-state index contributed by atoms with van der Waals surface area (Å²) < 4.78 is 11.6. The molecule has 0 saturated heterocycles. The van der Waals surface area contributed by atoms with Crippen LogP contribution >= 0.6 is 0 Å². The molecule has 25 heavy (non-hydrogen) atoms. The Morgan fingerprint density at radius 2 is 1.96 bits per heavy atom. The molecule has 1 aliphatic carbocycles. The number of para-hydroxylation sites is 1. The van der Waals surface area contributed by atoms with E-state index in [4.69, 9.17) is 9.15 Å². The minimum absolute atomic E-state index is 0.283. The Kier molecular flexibility index (Phi) is 4.47. The second kappa shape index (κ2) is 6.90. The third-order valence-corrected chi connectivity index (χ3v) is 4.88. The highest BCUT2D eigenvalue weighted by atomic mass is 16.5. The second-order valence-electron chi connectivity index (χ2n) is 6.75. The number of ether oxygens (including phenoxy) is 1. The summed E-state index contributed by atoms with van der Waals surface area (Å²) >= 11 is 0. The number of furan rings is 1. The molecule has 3 aromatic rings. The summed E-state index contributed by atoms with van der Waals surface area (Å²) in [5, 5.41) is 14.7. The summed E-state index contributed by atoms with van der Waals surface area (Å²) in [6.07, 6.45) is 3.57. The Morgan fingerprint density at radius 3 is 2.80 bits per heavy atom. The lowest BCUT2D eigenvalue weighted by atomic mass is 9.88. The number of hydrogen-bond donors (Lipinski definition) is 2. The van der Waals surface area contributed by atoms with Gasteiger partial charge in [0.15, 0.2) is 17.6 Å². The number of aliphatic hydroxyl groups excluding tert-OH is 1. The predicted octanol–water partition coefficient (Wildman–Crippen LogP) is 3.67. The molecular formula is C21H23NO3. The van der Waals surface area contributed by atoms with Crippen molar-refractivity contribution in [2.24, 2.45) is 0 Å². The smallest absolute Gasteiger partial charge is 0.176 e. The van der Waals surface area contributed by atoms with Crippen molar-refractivity contribution in [2.75, 3.05) is 0 Å². The molecule has 3 atom stereocenters. The summed E-state index contributed by atoms with van der Waals surface area (Å²) in [4.78, 5) is 0. The van der Waals surface area contributed by atoms with Gasteiger partial charge in [0, 0.05) is 11.4 Å². The van der Waals surface area contributed by atoms with Gasteiger partial charge in [-0.15, -0.1) is 0 Å². The van der Waals surface area contributed by atoms with E-state index >= 15 is 0 Å². The molecule has 1 heterocycles. The van der Waals surface area contributed by atoms with Crippen molar-refractivity contribution in [1.82, 2.24) is 5.32 Å². The van der Waals surface area contributed by atoms with Crippen LogP contribution in [0.4, 0.5) is 0 Å². The Hall–Kier alpha value is -2.30. The fraction of sp³-hybridized carbons (Fsp3) is 0.333. The molecule has 0 saturated carbocycles. The lowest BCUT2D eigenvalue weighted by Crippen LogP contribution is -2.49. The average molecular weight is 337 g/mol. The van der Waals surface area contributed by atoms with E-state index < -0.39 is 12.3 Å². The summed E-state index contributed by atoms with van der Waals surface area (Å²) in [5.41, 5.74) is 3.52. The van der Waals surface area contributed by atoms with Crippen LogP contribution in [0.1, 0.15) is 24.5 Å². The lowest BCUT2D eigenvalue weighted by Gasteiger charge is -2.31. The maximum Gasteiger partial charge on any atom is 0.176 e. The molecule has 4 heteroatoms. The quantitative estimate of drug-likeness (QED) is 0.698. The molecular weight excluding hydrogens is 314 g/mol. The van der Waals surface area contributed by atoms with Gasteiger partial charge in [0.1, 0.15) is 6.10 Å².